The first-order valence-electron chi connectivity index (χ1n) is 9.53. The summed E-state index contributed by atoms with van der Waals surface area (Å²) in [4.78, 5) is 12.7. The zero-order chi connectivity index (χ0) is 22.4. The first-order valence-corrected chi connectivity index (χ1v) is 10.3. The Kier molecular flexibility index (Phi) is 7.36. The maximum absolute atomic E-state index is 12.7. The van der Waals surface area contributed by atoms with Crippen molar-refractivity contribution in [2.45, 2.75) is 20.5 Å². The van der Waals surface area contributed by atoms with Crippen LogP contribution in [0.3, 0.4) is 0 Å². The van der Waals surface area contributed by atoms with Crippen molar-refractivity contribution in [3.63, 3.8) is 0 Å². The number of carbonyl (C=O) groups is 1. The molecule has 3 rings (SSSR count). The molecular formula is C25H20Cl2N2O2. The van der Waals surface area contributed by atoms with Gasteiger partial charge in [-0.3, -0.25) is 4.79 Å². The molecular weight excluding hydrogens is 431 g/mol. The minimum Gasteiger partial charge on any atom is -0.488 e. The largest absolute Gasteiger partial charge is 0.488 e. The number of nitriles is 1. The highest BCUT2D eigenvalue weighted by Crippen LogP contribution is 2.27. The molecule has 0 aliphatic carbocycles. The Balaban J connectivity index is 1.83. The van der Waals surface area contributed by atoms with Crippen molar-refractivity contribution in [2.75, 3.05) is 5.32 Å². The van der Waals surface area contributed by atoms with Crippen molar-refractivity contribution in [3.8, 4) is 11.8 Å². The number of benzene rings is 3. The lowest BCUT2D eigenvalue weighted by Gasteiger charge is -2.11. The van der Waals surface area contributed by atoms with Crippen LogP contribution in [0.4, 0.5) is 5.69 Å². The Morgan fingerprint density at radius 3 is 2.52 bits per heavy atom. The minimum absolute atomic E-state index is 0.0619. The molecule has 0 spiro atoms. The van der Waals surface area contributed by atoms with E-state index in [1.165, 1.54) is 6.08 Å². The molecule has 0 aliphatic heterocycles. The highest BCUT2D eigenvalue weighted by Gasteiger charge is 2.13. The van der Waals surface area contributed by atoms with E-state index in [4.69, 9.17) is 27.9 Å². The molecule has 156 valence electrons. The number of hydrogen-bond donors (Lipinski definition) is 1. The number of aryl methyl sites for hydroxylation is 2. The number of rotatable bonds is 6. The fraction of sp³-hybridized carbons (Fsp3) is 0.120. The topological polar surface area (TPSA) is 62.1 Å². The molecule has 4 nitrogen and oxygen atoms in total. The number of carbonyl (C=O) groups excluding carboxylic acids is 1. The fourth-order valence-electron chi connectivity index (χ4n) is 2.87. The highest BCUT2D eigenvalue weighted by molar-refractivity contribution is 6.31. The second kappa shape index (κ2) is 10.2. The smallest absolute Gasteiger partial charge is 0.266 e. The molecule has 1 amide bonds. The van der Waals surface area contributed by atoms with E-state index in [1.54, 1.807) is 30.3 Å². The van der Waals surface area contributed by atoms with E-state index in [1.807, 2.05) is 50.2 Å². The number of nitrogens with one attached hydrogen (secondary N) is 1. The summed E-state index contributed by atoms with van der Waals surface area (Å²) in [5.41, 5.74) is 4.15. The van der Waals surface area contributed by atoms with Crippen molar-refractivity contribution in [1.29, 1.82) is 5.26 Å². The Bertz CT molecular complexity index is 1200. The molecule has 0 atom stereocenters. The van der Waals surface area contributed by atoms with Gasteiger partial charge in [-0.1, -0.05) is 41.4 Å². The number of anilines is 1. The van der Waals surface area contributed by atoms with Gasteiger partial charge < -0.3 is 10.1 Å². The normalized spacial score (nSPS) is 11.0. The highest BCUT2D eigenvalue weighted by atomic mass is 35.5. The molecule has 1 N–H and O–H groups in total. The van der Waals surface area contributed by atoms with Gasteiger partial charge in [0.2, 0.25) is 0 Å². The number of hydrogen-bond acceptors (Lipinski definition) is 3. The van der Waals surface area contributed by atoms with Crippen LogP contribution < -0.4 is 10.1 Å². The number of amides is 1. The standard InChI is InChI=1S/C25H20Cl2N2O2/c1-16-6-8-23(10-17(16)2)29-25(30)20(14-28)12-19-13-22(27)7-9-24(19)31-15-18-4-3-5-21(26)11-18/h3-13H,15H2,1-2H3,(H,29,30)/b20-12+. The summed E-state index contributed by atoms with van der Waals surface area (Å²) in [6.45, 7) is 4.23. The molecule has 6 heteroatoms. The summed E-state index contributed by atoms with van der Waals surface area (Å²) in [5, 5.41) is 13.4. The quantitative estimate of drug-likeness (QED) is 0.334. The molecule has 0 heterocycles. The van der Waals surface area contributed by atoms with Gasteiger partial charge in [-0.05, 0) is 79.1 Å². The van der Waals surface area contributed by atoms with E-state index in [-0.39, 0.29) is 12.2 Å². The van der Waals surface area contributed by atoms with Gasteiger partial charge in [0.1, 0.15) is 24.0 Å². The lowest BCUT2D eigenvalue weighted by Crippen LogP contribution is -2.13. The Morgan fingerprint density at radius 1 is 1.03 bits per heavy atom. The third-order valence-corrected chi connectivity index (χ3v) is 5.16. The molecule has 3 aromatic carbocycles. The van der Waals surface area contributed by atoms with E-state index in [9.17, 15) is 10.1 Å². The van der Waals surface area contributed by atoms with Crippen LogP contribution in [0.5, 0.6) is 5.75 Å². The van der Waals surface area contributed by atoms with Crippen LogP contribution in [0, 0.1) is 25.2 Å². The third kappa shape index (κ3) is 6.11. The summed E-state index contributed by atoms with van der Waals surface area (Å²) in [6, 6.07) is 19.9. The van der Waals surface area contributed by atoms with Crippen LogP contribution in [-0.2, 0) is 11.4 Å². The van der Waals surface area contributed by atoms with Gasteiger partial charge >= 0.3 is 0 Å². The molecule has 0 aromatic heterocycles. The molecule has 3 aromatic rings. The van der Waals surface area contributed by atoms with Crippen molar-refractivity contribution >= 4 is 40.9 Å². The van der Waals surface area contributed by atoms with Crippen LogP contribution in [0.25, 0.3) is 6.08 Å². The lowest BCUT2D eigenvalue weighted by molar-refractivity contribution is -0.112. The number of nitrogens with zero attached hydrogens (tertiary/aromatic N) is 1. The predicted molar refractivity (Wildman–Crippen MR) is 125 cm³/mol. The second-order valence-corrected chi connectivity index (χ2v) is 7.90. The van der Waals surface area contributed by atoms with Crippen LogP contribution in [0.1, 0.15) is 22.3 Å². The Hall–Kier alpha value is -3.26. The predicted octanol–water partition coefficient (Wildman–Crippen LogP) is 6.73. The third-order valence-electron chi connectivity index (χ3n) is 4.68. The Labute approximate surface area is 191 Å². The van der Waals surface area contributed by atoms with Gasteiger partial charge in [-0.15, -0.1) is 0 Å². The van der Waals surface area contributed by atoms with E-state index >= 15 is 0 Å². The maximum atomic E-state index is 12.7. The summed E-state index contributed by atoms with van der Waals surface area (Å²) in [5.74, 6) is -0.0115. The Morgan fingerprint density at radius 2 is 1.81 bits per heavy atom. The molecule has 0 aliphatic rings. The number of halogens is 2. The second-order valence-electron chi connectivity index (χ2n) is 7.02. The molecule has 0 saturated carbocycles. The molecule has 31 heavy (non-hydrogen) atoms. The molecule has 0 radical (unpaired) electrons. The van der Waals surface area contributed by atoms with Crippen LogP contribution in [0.2, 0.25) is 10.0 Å². The van der Waals surface area contributed by atoms with Crippen molar-refractivity contribution in [1.82, 2.24) is 0 Å². The van der Waals surface area contributed by atoms with Crippen LogP contribution in [-0.4, -0.2) is 5.91 Å². The molecule has 0 fully saturated rings. The summed E-state index contributed by atoms with van der Waals surface area (Å²) < 4.78 is 5.90. The fourth-order valence-corrected chi connectivity index (χ4v) is 3.27. The van der Waals surface area contributed by atoms with Gasteiger partial charge in [0.15, 0.2) is 0 Å². The minimum atomic E-state index is -0.508. The van der Waals surface area contributed by atoms with Gasteiger partial charge in [0.05, 0.1) is 0 Å². The van der Waals surface area contributed by atoms with E-state index < -0.39 is 5.91 Å². The zero-order valence-corrected chi connectivity index (χ0v) is 18.6. The van der Waals surface area contributed by atoms with Crippen molar-refractivity contribution in [2.24, 2.45) is 0 Å². The van der Waals surface area contributed by atoms with E-state index in [2.05, 4.69) is 5.32 Å². The van der Waals surface area contributed by atoms with Crippen LogP contribution >= 0.6 is 23.2 Å². The van der Waals surface area contributed by atoms with Gasteiger partial charge in [-0.2, -0.15) is 5.26 Å². The van der Waals surface area contributed by atoms with Gasteiger partial charge in [0.25, 0.3) is 5.91 Å². The maximum Gasteiger partial charge on any atom is 0.266 e. The SMILES string of the molecule is Cc1ccc(NC(=O)/C(C#N)=C/c2cc(Cl)ccc2OCc2cccc(Cl)c2)cc1C. The first kappa shape index (κ1) is 22.4. The van der Waals surface area contributed by atoms with Crippen LogP contribution in [0.15, 0.2) is 66.2 Å². The zero-order valence-electron chi connectivity index (χ0n) is 17.1. The molecule has 0 bridgehead atoms. The van der Waals surface area contributed by atoms with Gasteiger partial charge in [-0.25, -0.2) is 0 Å². The van der Waals surface area contributed by atoms with Gasteiger partial charge in [0, 0.05) is 21.3 Å². The van der Waals surface area contributed by atoms with Crippen molar-refractivity contribution < 1.29 is 9.53 Å². The average molecular weight is 451 g/mol. The lowest BCUT2D eigenvalue weighted by atomic mass is 10.1. The summed E-state index contributed by atoms with van der Waals surface area (Å²) in [6.07, 6.45) is 1.47. The van der Waals surface area contributed by atoms with E-state index in [0.29, 0.717) is 27.0 Å². The van der Waals surface area contributed by atoms with E-state index in [0.717, 1.165) is 16.7 Å². The molecule has 0 saturated heterocycles. The summed E-state index contributed by atoms with van der Waals surface area (Å²) in [7, 11) is 0. The first-order chi connectivity index (χ1) is 14.9. The average Bonchev–Trinajstić information content (AvgIpc) is 2.74. The summed E-state index contributed by atoms with van der Waals surface area (Å²) >= 11 is 12.2. The van der Waals surface area contributed by atoms with Crippen molar-refractivity contribution in [3.05, 3.63) is 98.5 Å². The monoisotopic (exact) mass is 450 g/mol. The number of ether oxygens (including phenoxy) is 1. The molecule has 0 unspecified atom stereocenters.